The molecule has 2 amide bonds. The Bertz CT molecular complexity index is 1300. The van der Waals surface area contributed by atoms with E-state index in [0.29, 0.717) is 16.0 Å². The molecule has 32 heavy (non-hydrogen) atoms. The summed E-state index contributed by atoms with van der Waals surface area (Å²) >= 11 is 0.953. The predicted molar refractivity (Wildman–Crippen MR) is 128 cm³/mol. The predicted octanol–water partition coefficient (Wildman–Crippen LogP) is 5.55. The Labute approximate surface area is 190 Å². The van der Waals surface area contributed by atoms with Crippen molar-refractivity contribution < 1.29 is 9.59 Å². The van der Waals surface area contributed by atoms with Gasteiger partial charge in [0.1, 0.15) is 0 Å². The molecule has 0 spiro atoms. The third-order valence-corrected chi connectivity index (χ3v) is 6.92. The molecule has 0 aliphatic carbocycles. The summed E-state index contributed by atoms with van der Waals surface area (Å²) < 4.78 is 0. The largest absolute Gasteiger partial charge is 0.371 e. The fourth-order valence-corrected chi connectivity index (χ4v) is 5.21. The molecule has 3 aromatic rings. The minimum atomic E-state index is -0.319. The van der Waals surface area contributed by atoms with E-state index >= 15 is 0 Å². The number of anilines is 1. The number of imide groups is 1. The number of carbonyl (C=O) groups excluding carboxylic acids is 2. The van der Waals surface area contributed by atoms with E-state index in [-0.39, 0.29) is 17.7 Å². The highest BCUT2D eigenvalue weighted by Crippen LogP contribution is 2.37. The van der Waals surface area contributed by atoms with Crippen molar-refractivity contribution in [2.45, 2.75) is 19.4 Å². The number of carbonyl (C=O) groups is 2. The third-order valence-electron chi connectivity index (χ3n) is 6.01. The van der Waals surface area contributed by atoms with Gasteiger partial charge in [-0.25, -0.2) is 0 Å². The van der Waals surface area contributed by atoms with Gasteiger partial charge in [0.2, 0.25) is 0 Å². The number of nitrogens with zero attached hydrogens (tertiary/aromatic N) is 3. The van der Waals surface area contributed by atoms with Crippen LogP contribution in [0.3, 0.4) is 0 Å². The van der Waals surface area contributed by atoms with Gasteiger partial charge in [-0.1, -0.05) is 48.5 Å². The molecule has 0 saturated carbocycles. The van der Waals surface area contributed by atoms with Gasteiger partial charge >= 0.3 is 0 Å². The lowest BCUT2D eigenvalue weighted by Gasteiger charge is -2.20. The van der Waals surface area contributed by atoms with Gasteiger partial charge < -0.3 is 4.90 Å². The number of amides is 2. The molecular formula is C26H21N3O2S. The maximum Gasteiger partial charge on any atom is 0.293 e. The molecule has 0 aromatic heterocycles. The number of thioether (sulfide) groups is 1. The molecular weight excluding hydrogens is 418 g/mol. The summed E-state index contributed by atoms with van der Waals surface area (Å²) in [7, 11) is 0. The van der Waals surface area contributed by atoms with Crippen LogP contribution in [0.4, 0.5) is 10.5 Å². The second-order valence-corrected chi connectivity index (χ2v) is 8.94. The van der Waals surface area contributed by atoms with Crippen LogP contribution in [0.2, 0.25) is 0 Å². The Kier molecular flexibility index (Phi) is 5.42. The van der Waals surface area contributed by atoms with E-state index in [2.05, 4.69) is 29.2 Å². The van der Waals surface area contributed by atoms with Crippen molar-refractivity contribution >= 4 is 45.4 Å². The molecule has 158 valence electrons. The maximum absolute atomic E-state index is 13.1. The molecule has 0 atom stereocenters. The Morgan fingerprint density at radius 2 is 1.66 bits per heavy atom. The number of hydrogen-bond acceptors (Lipinski definition) is 5. The third kappa shape index (κ3) is 3.65. The lowest BCUT2D eigenvalue weighted by Crippen LogP contribution is -2.27. The van der Waals surface area contributed by atoms with Crippen LogP contribution in [0.5, 0.6) is 0 Å². The minimum absolute atomic E-state index is 0.0976. The molecule has 2 fully saturated rings. The Balaban J connectivity index is 1.48. The zero-order valence-electron chi connectivity index (χ0n) is 17.5. The van der Waals surface area contributed by atoms with E-state index in [1.807, 2.05) is 24.3 Å². The van der Waals surface area contributed by atoms with Crippen molar-refractivity contribution in [2.75, 3.05) is 18.0 Å². The van der Waals surface area contributed by atoms with Crippen LogP contribution >= 0.6 is 11.8 Å². The monoisotopic (exact) mass is 439 g/mol. The van der Waals surface area contributed by atoms with Crippen LogP contribution in [-0.2, 0) is 11.3 Å². The van der Waals surface area contributed by atoms with Crippen LogP contribution in [0.1, 0.15) is 29.5 Å². The van der Waals surface area contributed by atoms with E-state index in [9.17, 15) is 14.9 Å². The van der Waals surface area contributed by atoms with E-state index in [1.54, 1.807) is 24.3 Å². The zero-order chi connectivity index (χ0) is 22.1. The van der Waals surface area contributed by atoms with Crippen molar-refractivity contribution in [2.24, 2.45) is 0 Å². The van der Waals surface area contributed by atoms with Crippen molar-refractivity contribution in [3.8, 4) is 6.07 Å². The zero-order valence-corrected chi connectivity index (χ0v) is 18.3. The number of nitriles is 1. The minimum Gasteiger partial charge on any atom is -0.371 e. The second kappa shape index (κ2) is 8.52. The van der Waals surface area contributed by atoms with Gasteiger partial charge in [0, 0.05) is 24.2 Å². The van der Waals surface area contributed by atoms with Crippen molar-refractivity contribution in [3.05, 3.63) is 82.3 Å². The van der Waals surface area contributed by atoms with Crippen LogP contribution in [0, 0.1) is 11.3 Å². The Hall–Kier alpha value is -3.56. The Morgan fingerprint density at radius 3 is 2.44 bits per heavy atom. The van der Waals surface area contributed by atoms with Crippen LogP contribution in [0.25, 0.3) is 16.8 Å². The molecule has 0 unspecified atom stereocenters. The number of fused-ring (bicyclic) bond motifs is 1. The summed E-state index contributed by atoms with van der Waals surface area (Å²) in [4.78, 5) is 29.7. The molecule has 6 heteroatoms. The highest BCUT2D eigenvalue weighted by atomic mass is 32.2. The first-order chi connectivity index (χ1) is 15.7. The molecule has 0 bridgehead atoms. The SMILES string of the molecule is N#Cc1ccccc1CN1C(=O)S/C(=C/c2ccc(N3CCCC3)c3ccccc23)C1=O. The summed E-state index contributed by atoms with van der Waals surface area (Å²) in [5, 5.41) is 11.2. The summed E-state index contributed by atoms with van der Waals surface area (Å²) in [5.74, 6) is -0.319. The smallest absolute Gasteiger partial charge is 0.293 e. The Morgan fingerprint density at radius 1 is 0.938 bits per heavy atom. The number of rotatable bonds is 4. The topological polar surface area (TPSA) is 64.4 Å². The number of benzene rings is 3. The lowest BCUT2D eigenvalue weighted by molar-refractivity contribution is -0.123. The van der Waals surface area contributed by atoms with Crippen LogP contribution in [-0.4, -0.2) is 29.1 Å². The van der Waals surface area contributed by atoms with Gasteiger partial charge in [0.25, 0.3) is 11.1 Å². The maximum atomic E-state index is 13.1. The van der Waals surface area contributed by atoms with Crippen molar-refractivity contribution in [3.63, 3.8) is 0 Å². The van der Waals surface area contributed by atoms with Gasteiger partial charge in [-0.15, -0.1) is 0 Å². The van der Waals surface area contributed by atoms with Crippen LogP contribution < -0.4 is 4.90 Å². The quantitative estimate of drug-likeness (QED) is 0.499. The molecule has 2 heterocycles. The molecule has 2 saturated heterocycles. The van der Waals surface area contributed by atoms with Gasteiger partial charge in [-0.2, -0.15) is 5.26 Å². The van der Waals surface area contributed by atoms with Crippen molar-refractivity contribution in [1.82, 2.24) is 4.90 Å². The van der Waals surface area contributed by atoms with Gasteiger partial charge in [-0.05, 0) is 59.3 Å². The molecule has 5 rings (SSSR count). The summed E-state index contributed by atoms with van der Waals surface area (Å²) in [6.07, 6.45) is 4.23. The van der Waals surface area contributed by atoms with Gasteiger partial charge in [0.15, 0.2) is 0 Å². The fourth-order valence-electron chi connectivity index (χ4n) is 4.38. The van der Waals surface area contributed by atoms with E-state index in [0.717, 1.165) is 41.2 Å². The first-order valence-electron chi connectivity index (χ1n) is 10.7. The number of hydrogen-bond donors (Lipinski definition) is 0. The van der Waals surface area contributed by atoms with Gasteiger partial charge in [0.05, 0.1) is 23.1 Å². The molecule has 5 nitrogen and oxygen atoms in total. The highest BCUT2D eigenvalue weighted by Gasteiger charge is 2.35. The molecule has 2 aliphatic rings. The van der Waals surface area contributed by atoms with E-state index in [4.69, 9.17) is 0 Å². The summed E-state index contributed by atoms with van der Waals surface area (Å²) in [5.41, 5.74) is 3.28. The summed E-state index contributed by atoms with van der Waals surface area (Å²) in [6, 6.07) is 21.5. The first-order valence-corrected chi connectivity index (χ1v) is 11.5. The van der Waals surface area contributed by atoms with E-state index < -0.39 is 0 Å². The van der Waals surface area contributed by atoms with E-state index in [1.165, 1.54) is 23.4 Å². The first kappa shape index (κ1) is 20.3. The highest BCUT2D eigenvalue weighted by molar-refractivity contribution is 8.18. The molecule has 0 radical (unpaired) electrons. The normalized spacial score (nSPS) is 17.5. The average molecular weight is 440 g/mol. The van der Waals surface area contributed by atoms with Gasteiger partial charge in [-0.3, -0.25) is 14.5 Å². The average Bonchev–Trinajstić information content (AvgIpc) is 3.44. The molecule has 0 N–H and O–H groups in total. The standard InChI is InChI=1S/C26H21N3O2S/c27-16-19-7-1-2-8-20(19)17-29-25(30)24(32-26(29)31)15-18-11-12-23(28-13-5-6-14-28)22-10-4-3-9-21(18)22/h1-4,7-12,15H,5-6,13-14,17H2/b24-15+. The van der Waals surface area contributed by atoms with Crippen molar-refractivity contribution in [1.29, 1.82) is 5.26 Å². The second-order valence-electron chi connectivity index (χ2n) is 7.95. The fraction of sp³-hybridized carbons (Fsp3) is 0.192. The summed E-state index contributed by atoms with van der Waals surface area (Å²) in [6.45, 7) is 2.22. The molecule has 3 aromatic carbocycles. The lowest BCUT2D eigenvalue weighted by atomic mass is 10.0. The molecule has 2 aliphatic heterocycles. The van der Waals surface area contributed by atoms with Crippen LogP contribution in [0.15, 0.2) is 65.6 Å².